The average Bonchev–Trinajstić information content (AvgIpc) is 2.41. The van der Waals surface area contributed by atoms with E-state index in [2.05, 4.69) is 5.32 Å². The smallest absolute Gasteiger partial charge is 0.335 e. The molecule has 0 bridgehead atoms. The van der Waals surface area contributed by atoms with E-state index in [1.165, 1.54) is 18.2 Å². The number of benzene rings is 1. The molecule has 0 saturated carbocycles. The van der Waals surface area contributed by atoms with Crippen molar-refractivity contribution in [2.24, 2.45) is 0 Å². The minimum Gasteiger partial charge on any atom is -0.478 e. The zero-order valence-corrected chi connectivity index (χ0v) is 12.1. The quantitative estimate of drug-likeness (QED) is 0.782. The number of aliphatic hydroxyl groups excluding tert-OH is 1. The summed E-state index contributed by atoms with van der Waals surface area (Å²) in [5.41, 5.74) is 0.335. The van der Waals surface area contributed by atoms with Crippen LogP contribution in [-0.2, 0) is 4.79 Å². The number of hydrogen-bond donors (Lipinski definition) is 3. The summed E-state index contributed by atoms with van der Waals surface area (Å²) in [7, 11) is 0. The molecule has 0 radical (unpaired) electrons. The minimum absolute atomic E-state index is 0.0584. The molecule has 2 rings (SSSR count). The van der Waals surface area contributed by atoms with Crippen molar-refractivity contribution in [3.8, 4) is 0 Å². The molecular formula is C14H17ClN2O4. The summed E-state index contributed by atoms with van der Waals surface area (Å²) in [4.78, 5) is 24.8. The van der Waals surface area contributed by atoms with Crippen molar-refractivity contribution in [3.05, 3.63) is 28.8 Å². The average molecular weight is 313 g/mol. The maximum atomic E-state index is 12.0. The molecule has 1 aliphatic heterocycles. The van der Waals surface area contributed by atoms with Crippen LogP contribution >= 0.6 is 11.6 Å². The fourth-order valence-corrected chi connectivity index (χ4v) is 2.49. The molecule has 0 aliphatic carbocycles. The van der Waals surface area contributed by atoms with E-state index in [0.29, 0.717) is 6.54 Å². The number of rotatable bonds is 4. The second kappa shape index (κ2) is 6.89. The number of carboxylic acid groups (broad SMARTS) is 1. The zero-order valence-electron chi connectivity index (χ0n) is 11.4. The number of piperidine rings is 1. The van der Waals surface area contributed by atoms with Gasteiger partial charge in [-0.2, -0.15) is 0 Å². The first-order valence-electron chi connectivity index (χ1n) is 6.69. The van der Waals surface area contributed by atoms with Gasteiger partial charge in [0.15, 0.2) is 0 Å². The second-order valence-electron chi connectivity index (χ2n) is 5.08. The number of halogens is 1. The van der Waals surface area contributed by atoms with E-state index in [4.69, 9.17) is 16.7 Å². The van der Waals surface area contributed by atoms with Gasteiger partial charge in [-0.05, 0) is 37.6 Å². The van der Waals surface area contributed by atoms with E-state index in [1.807, 2.05) is 4.90 Å². The van der Waals surface area contributed by atoms with Crippen LogP contribution in [0.3, 0.4) is 0 Å². The highest BCUT2D eigenvalue weighted by Gasteiger charge is 2.20. The Bertz CT molecular complexity index is 550. The highest BCUT2D eigenvalue weighted by molar-refractivity contribution is 6.33. The molecule has 0 spiro atoms. The molecule has 3 N–H and O–H groups in total. The van der Waals surface area contributed by atoms with Crippen LogP contribution in [0, 0.1) is 0 Å². The Morgan fingerprint density at radius 3 is 2.86 bits per heavy atom. The molecule has 1 amide bonds. The van der Waals surface area contributed by atoms with E-state index in [9.17, 15) is 14.7 Å². The number of nitrogens with one attached hydrogen (secondary N) is 1. The number of anilines is 1. The molecule has 1 fully saturated rings. The van der Waals surface area contributed by atoms with Crippen LogP contribution in [-0.4, -0.2) is 52.7 Å². The summed E-state index contributed by atoms with van der Waals surface area (Å²) < 4.78 is 0. The predicted molar refractivity (Wildman–Crippen MR) is 78.7 cm³/mol. The molecule has 1 atom stereocenters. The Hall–Kier alpha value is -1.63. The highest BCUT2D eigenvalue weighted by Crippen LogP contribution is 2.23. The van der Waals surface area contributed by atoms with Gasteiger partial charge in [-0.1, -0.05) is 11.6 Å². The molecule has 0 aromatic heterocycles. The van der Waals surface area contributed by atoms with E-state index in [1.54, 1.807) is 0 Å². The Morgan fingerprint density at radius 1 is 1.43 bits per heavy atom. The van der Waals surface area contributed by atoms with Gasteiger partial charge in [0.25, 0.3) is 0 Å². The molecular weight excluding hydrogens is 296 g/mol. The summed E-state index contributed by atoms with van der Waals surface area (Å²) >= 11 is 5.95. The number of aromatic carboxylic acids is 1. The van der Waals surface area contributed by atoms with Crippen molar-refractivity contribution in [2.75, 3.05) is 25.0 Å². The van der Waals surface area contributed by atoms with Gasteiger partial charge in [-0.3, -0.25) is 9.69 Å². The summed E-state index contributed by atoms with van der Waals surface area (Å²) in [5.74, 6) is -1.37. The van der Waals surface area contributed by atoms with Crippen LogP contribution in [0.1, 0.15) is 23.2 Å². The van der Waals surface area contributed by atoms with Crippen molar-refractivity contribution in [1.29, 1.82) is 0 Å². The number of carbonyl (C=O) groups excluding carboxylic acids is 1. The third-order valence-electron chi connectivity index (χ3n) is 3.34. The van der Waals surface area contributed by atoms with E-state index in [-0.39, 0.29) is 28.7 Å². The predicted octanol–water partition coefficient (Wildman–Crippen LogP) is 1.43. The van der Waals surface area contributed by atoms with E-state index in [0.717, 1.165) is 19.4 Å². The van der Waals surface area contributed by atoms with Crippen LogP contribution in [0.4, 0.5) is 5.69 Å². The SMILES string of the molecule is O=C(CN1CCCC(O)C1)Nc1cc(C(=O)O)ccc1Cl. The highest BCUT2D eigenvalue weighted by atomic mass is 35.5. The Kier molecular flexibility index (Phi) is 5.17. The molecule has 1 aliphatic rings. The maximum absolute atomic E-state index is 12.0. The van der Waals surface area contributed by atoms with Gasteiger partial charge in [-0.25, -0.2) is 4.79 Å². The van der Waals surface area contributed by atoms with E-state index >= 15 is 0 Å². The third-order valence-corrected chi connectivity index (χ3v) is 3.66. The van der Waals surface area contributed by atoms with Crippen LogP contribution in [0.2, 0.25) is 5.02 Å². The molecule has 1 heterocycles. The third kappa shape index (κ3) is 4.42. The van der Waals surface area contributed by atoms with Crippen LogP contribution in [0.5, 0.6) is 0 Å². The molecule has 21 heavy (non-hydrogen) atoms. The van der Waals surface area contributed by atoms with Gasteiger partial charge in [0.05, 0.1) is 28.9 Å². The van der Waals surface area contributed by atoms with Crippen LogP contribution in [0.25, 0.3) is 0 Å². The topological polar surface area (TPSA) is 89.9 Å². The Labute approximate surface area is 127 Å². The number of nitrogens with zero attached hydrogens (tertiary/aromatic N) is 1. The normalized spacial score (nSPS) is 19.2. The molecule has 7 heteroatoms. The van der Waals surface area contributed by atoms with E-state index < -0.39 is 12.1 Å². The van der Waals surface area contributed by atoms with Gasteiger partial charge in [0.1, 0.15) is 0 Å². The number of β-amino-alcohol motifs (C(OH)–C–C–N with tert-alkyl or cyclic N) is 1. The first-order valence-corrected chi connectivity index (χ1v) is 7.06. The lowest BCUT2D eigenvalue weighted by Crippen LogP contribution is -2.42. The number of carboxylic acids is 1. The number of aliphatic hydroxyl groups is 1. The van der Waals surface area contributed by atoms with Crippen molar-refractivity contribution in [2.45, 2.75) is 18.9 Å². The second-order valence-corrected chi connectivity index (χ2v) is 5.49. The van der Waals surface area contributed by atoms with Crippen LogP contribution in [0.15, 0.2) is 18.2 Å². The molecule has 114 valence electrons. The summed E-state index contributed by atoms with van der Waals surface area (Å²) in [6.07, 6.45) is 1.21. The van der Waals surface area contributed by atoms with Crippen molar-refractivity contribution in [3.63, 3.8) is 0 Å². The lowest BCUT2D eigenvalue weighted by Gasteiger charge is -2.29. The Morgan fingerprint density at radius 2 is 2.19 bits per heavy atom. The molecule has 6 nitrogen and oxygen atoms in total. The fourth-order valence-electron chi connectivity index (χ4n) is 2.32. The number of carbonyl (C=O) groups is 2. The molecule has 1 aromatic carbocycles. The first-order chi connectivity index (χ1) is 9.95. The summed E-state index contributed by atoms with van der Waals surface area (Å²) in [5, 5.41) is 21.4. The van der Waals surface area contributed by atoms with Gasteiger partial charge in [-0.15, -0.1) is 0 Å². The van der Waals surface area contributed by atoms with Gasteiger partial charge < -0.3 is 15.5 Å². The fraction of sp³-hybridized carbons (Fsp3) is 0.429. The monoisotopic (exact) mass is 312 g/mol. The molecule has 1 unspecified atom stereocenters. The van der Waals surface area contributed by atoms with Gasteiger partial charge >= 0.3 is 5.97 Å². The van der Waals surface area contributed by atoms with Gasteiger partial charge in [0.2, 0.25) is 5.91 Å². The van der Waals surface area contributed by atoms with Crippen LogP contribution < -0.4 is 5.32 Å². The maximum Gasteiger partial charge on any atom is 0.335 e. The minimum atomic E-state index is -1.08. The lowest BCUT2D eigenvalue weighted by molar-refractivity contribution is -0.118. The van der Waals surface area contributed by atoms with Crippen molar-refractivity contribution >= 4 is 29.2 Å². The lowest BCUT2D eigenvalue weighted by atomic mass is 10.1. The van der Waals surface area contributed by atoms with Crippen molar-refractivity contribution < 1.29 is 19.8 Å². The van der Waals surface area contributed by atoms with Crippen molar-refractivity contribution in [1.82, 2.24) is 4.90 Å². The van der Waals surface area contributed by atoms with Gasteiger partial charge in [0, 0.05) is 6.54 Å². The zero-order chi connectivity index (χ0) is 15.4. The number of hydrogen-bond acceptors (Lipinski definition) is 4. The standard InChI is InChI=1S/C14H17ClN2O4/c15-11-4-3-9(14(20)21)6-12(11)16-13(19)8-17-5-1-2-10(18)7-17/h3-4,6,10,18H,1-2,5,7-8H2,(H,16,19)(H,20,21). The molecule has 1 saturated heterocycles. The molecule has 1 aromatic rings. The number of amides is 1. The largest absolute Gasteiger partial charge is 0.478 e. The first kappa shape index (κ1) is 15.8. The number of likely N-dealkylation sites (tertiary alicyclic amines) is 1. The summed E-state index contributed by atoms with van der Waals surface area (Å²) in [6, 6.07) is 4.14. The Balaban J connectivity index is 1.99. The summed E-state index contributed by atoms with van der Waals surface area (Å²) in [6.45, 7) is 1.37.